The van der Waals surface area contributed by atoms with Gasteiger partial charge in [-0.3, -0.25) is 10.1 Å². The van der Waals surface area contributed by atoms with Gasteiger partial charge in [-0.2, -0.15) is 4.31 Å². The summed E-state index contributed by atoms with van der Waals surface area (Å²) in [7, 11) is -3.80. The molecule has 1 aromatic rings. The zero-order valence-electron chi connectivity index (χ0n) is 11.6. The van der Waals surface area contributed by atoms with Crippen LogP contribution >= 0.6 is 0 Å². The fourth-order valence-corrected chi connectivity index (χ4v) is 3.97. The third-order valence-electron chi connectivity index (χ3n) is 3.43. The summed E-state index contributed by atoms with van der Waals surface area (Å²) >= 11 is 0. The highest BCUT2D eigenvalue weighted by Gasteiger charge is 2.32. The molecular formula is C12H17N3O5S. The first kappa shape index (κ1) is 15.8. The summed E-state index contributed by atoms with van der Waals surface area (Å²) in [6.07, 6.45) is -0.354. The van der Waals surface area contributed by atoms with Crippen LogP contribution in [0, 0.1) is 17.0 Å². The topological polar surface area (TPSA) is 116 Å². The van der Waals surface area contributed by atoms with Gasteiger partial charge in [0, 0.05) is 31.3 Å². The highest BCUT2D eigenvalue weighted by Crippen LogP contribution is 2.27. The van der Waals surface area contributed by atoms with Crippen LogP contribution in [0.1, 0.15) is 5.56 Å². The Morgan fingerprint density at radius 1 is 1.52 bits per heavy atom. The number of hydrogen-bond donors (Lipinski definition) is 1. The molecule has 8 nitrogen and oxygen atoms in total. The molecule has 21 heavy (non-hydrogen) atoms. The largest absolute Gasteiger partial charge is 0.374 e. The van der Waals surface area contributed by atoms with E-state index in [4.69, 9.17) is 10.5 Å². The minimum Gasteiger partial charge on any atom is -0.374 e. The van der Waals surface area contributed by atoms with E-state index in [2.05, 4.69) is 0 Å². The van der Waals surface area contributed by atoms with Crippen LogP contribution < -0.4 is 5.73 Å². The summed E-state index contributed by atoms with van der Waals surface area (Å²) in [6.45, 7) is 2.28. The van der Waals surface area contributed by atoms with E-state index >= 15 is 0 Å². The quantitative estimate of drug-likeness (QED) is 0.629. The molecule has 2 rings (SSSR count). The SMILES string of the molecule is Cc1c([N+](=O)[O-])cccc1S(=O)(=O)N1CCOC(CN)C1. The van der Waals surface area contributed by atoms with Crippen molar-refractivity contribution in [2.75, 3.05) is 26.2 Å². The Morgan fingerprint density at radius 3 is 2.86 bits per heavy atom. The zero-order valence-corrected chi connectivity index (χ0v) is 12.4. The van der Waals surface area contributed by atoms with E-state index < -0.39 is 14.9 Å². The molecular weight excluding hydrogens is 298 g/mol. The Hall–Kier alpha value is -1.55. The van der Waals surface area contributed by atoms with Gasteiger partial charge >= 0.3 is 0 Å². The average Bonchev–Trinajstić information content (AvgIpc) is 2.47. The molecule has 0 bridgehead atoms. The predicted molar refractivity (Wildman–Crippen MR) is 75.4 cm³/mol. The second-order valence-corrected chi connectivity index (χ2v) is 6.66. The van der Waals surface area contributed by atoms with Crippen LogP contribution in [0.5, 0.6) is 0 Å². The third-order valence-corrected chi connectivity index (χ3v) is 5.44. The summed E-state index contributed by atoms with van der Waals surface area (Å²) in [4.78, 5) is 10.3. The lowest BCUT2D eigenvalue weighted by atomic mass is 10.2. The number of sulfonamides is 1. The lowest BCUT2D eigenvalue weighted by molar-refractivity contribution is -0.385. The predicted octanol–water partition coefficient (Wildman–Crippen LogP) is 0.251. The number of rotatable bonds is 4. The van der Waals surface area contributed by atoms with Crippen molar-refractivity contribution in [1.29, 1.82) is 0 Å². The fraction of sp³-hybridized carbons (Fsp3) is 0.500. The maximum atomic E-state index is 12.7. The van der Waals surface area contributed by atoms with Gasteiger partial charge in [-0.15, -0.1) is 0 Å². The molecule has 1 saturated heterocycles. The molecule has 0 spiro atoms. The van der Waals surface area contributed by atoms with Crippen molar-refractivity contribution in [2.45, 2.75) is 17.9 Å². The average molecular weight is 315 g/mol. The Balaban J connectivity index is 2.40. The highest BCUT2D eigenvalue weighted by atomic mass is 32.2. The van der Waals surface area contributed by atoms with Gasteiger partial charge in [0.05, 0.1) is 22.5 Å². The lowest BCUT2D eigenvalue weighted by Crippen LogP contribution is -2.48. The van der Waals surface area contributed by atoms with Crippen molar-refractivity contribution in [2.24, 2.45) is 5.73 Å². The van der Waals surface area contributed by atoms with Crippen molar-refractivity contribution in [3.63, 3.8) is 0 Å². The molecule has 0 radical (unpaired) electrons. The number of nitrogens with two attached hydrogens (primary N) is 1. The summed E-state index contributed by atoms with van der Waals surface area (Å²) in [5.74, 6) is 0. The Bertz CT molecular complexity index is 646. The molecule has 0 aliphatic carbocycles. The standard InChI is InChI=1S/C12H17N3O5S/c1-9-11(15(16)17)3-2-4-12(9)21(18,19)14-5-6-20-10(7-13)8-14/h2-4,10H,5-8,13H2,1H3. The van der Waals surface area contributed by atoms with Gasteiger partial charge in [-0.25, -0.2) is 8.42 Å². The van der Waals surface area contributed by atoms with Gasteiger partial charge in [0.1, 0.15) is 0 Å². The van der Waals surface area contributed by atoms with Crippen molar-refractivity contribution in [3.05, 3.63) is 33.9 Å². The molecule has 1 aliphatic rings. The van der Waals surface area contributed by atoms with Crippen molar-refractivity contribution in [3.8, 4) is 0 Å². The van der Waals surface area contributed by atoms with Crippen LogP contribution in [0.15, 0.2) is 23.1 Å². The van der Waals surface area contributed by atoms with Gasteiger partial charge in [0.25, 0.3) is 5.69 Å². The Labute approximate surface area is 122 Å². The first-order valence-corrected chi connectivity index (χ1v) is 7.87. The molecule has 1 atom stereocenters. The molecule has 2 N–H and O–H groups in total. The minimum atomic E-state index is -3.80. The van der Waals surface area contributed by atoms with Crippen LogP contribution in [-0.2, 0) is 14.8 Å². The van der Waals surface area contributed by atoms with Crippen molar-refractivity contribution < 1.29 is 18.1 Å². The number of nitrogens with zero attached hydrogens (tertiary/aromatic N) is 2. The van der Waals surface area contributed by atoms with Gasteiger partial charge in [-0.05, 0) is 13.0 Å². The Kier molecular flexibility index (Phi) is 4.57. The molecule has 116 valence electrons. The lowest BCUT2D eigenvalue weighted by Gasteiger charge is -2.31. The van der Waals surface area contributed by atoms with Crippen LogP contribution in [0.25, 0.3) is 0 Å². The van der Waals surface area contributed by atoms with E-state index in [1.54, 1.807) is 0 Å². The molecule has 9 heteroatoms. The number of hydrogen-bond acceptors (Lipinski definition) is 6. The summed E-state index contributed by atoms with van der Waals surface area (Å²) in [6, 6.07) is 4.04. The number of benzene rings is 1. The van der Waals surface area contributed by atoms with E-state index in [0.717, 1.165) is 0 Å². The third kappa shape index (κ3) is 3.05. The monoisotopic (exact) mass is 315 g/mol. The van der Waals surface area contributed by atoms with E-state index in [-0.39, 0.29) is 48.5 Å². The van der Waals surface area contributed by atoms with Gasteiger partial charge in [0.2, 0.25) is 10.0 Å². The molecule has 1 aliphatic heterocycles. The van der Waals surface area contributed by atoms with E-state index in [0.29, 0.717) is 0 Å². The summed E-state index contributed by atoms with van der Waals surface area (Å²) in [5, 5.41) is 10.9. The van der Waals surface area contributed by atoms with E-state index in [1.165, 1.54) is 29.4 Å². The first-order chi connectivity index (χ1) is 9.87. The number of nitro benzene ring substituents is 1. The number of nitro groups is 1. The van der Waals surface area contributed by atoms with Gasteiger partial charge < -0.3 is 10.5 Å². The van der Waals surface area contributed by atoms with Gasteiger partial charge in [0.15, 0.2) is 0 Å². The maximum Gasteiger partial charge on any atom is 0.273 e. The fourth-order valence-electron chi connectivity index (χ4n) is 2.27. The summed E-state index contributed by atoms with van der Waals surface area (Å²) in [5.41, 5.74) is 5.43. The Morgan fingerprint density at radius 2 is 2.24 bits per heavy atom. The molecule has 1 aromatic carbocycles. The second kappa shape index (κ2) is 6.06. The van der Waals surface area contributed by atoms with Crippen LogP contribution in [0.4, 0.5) is 5.69 Å². The summed E-state index contributed by atoms with van der Waals surface area (Å²) < 4.78 is 31.9. The van der Waals surface area contributed by atoms with Crippen molar-refractivity contribution in [1.82, 2.24) is 4.31 Å². The highest BCUT2D eigenvalue weighted by molar-refractivity contribution is 7.89. The van der Waals surface area contributed by atoms with Crippen LogP contribution in [-0.4, -0.2) is 50.0 Å². The van der Waals surface area contributed by atoms with Crippen molar-refractivity contribution >= 4 is 15.7 Å². The molecule has 0 saturated carbocycles. The zero-order chi connectivity index (χ0) is 15.6. The minimum absolute atomic E-state index is 0.0469. The van der Waals surface area contributed by atoms with Crippen LogP contribution in [0.2, 0.25) is 0 Å². The molecule has 1 heterocycles. The first-order valence-electron chi connectivity index (χ1n) is 6.43. The number of morpholine rings is 1. The maximum absolute atomic E-state index is 12.7. The van der Waals surface area contributed by atoms with Gasteiger partial charge in [-0.1, -0.05) is 6.07 Å². The molecule has 1 unspecified atom stereocenters. The smallest absolute Gasteiger partial charge is 0.273 e. The van der Waals surface area contributed by atoms with Crippen LogP contribution in [0.3, 0.4) is 0 Å². The van der Waals surface area contributed by atoms with E-state index in [9.17, 15) is 18.5 Å². The second-order valence-electron chi connectivity index (χ2n) is 4.75. The van der Waals surface area contributed by atoms with E-state index in [1.807, 2.05) is 0 Å². The normalized spacial score (nSPS) is 20.4. The molecule has 0 amide bonds. The number of ether oxygens (including phenoxy) is 1. The molecule has 0 aromatic heterocycles. The molecule has 1 fully saturated rings.